The molecule has 0 bridgehead atoms. The molecule has 0 saturated heterocycles. The Morgan fingerprint density at radius 2 is 1.88 bits per heavy atom. The quantitative estimate of drug-likeness (QED) is 0.825. The smallest absolute Gasteiger partial charge is 0.239 e. The number of hydrogen-bond donors (Lipinski definition) is 1. The maximum Gasteiger partial charge on any atom is 0.239 e. The lowest BCUT2D eigenvalue weighted by atomic mass is 10.1. The number of carbonyl (C=O) groups excluding carboxylic acids is 1. The van der Waals surface area contributed by atoms with Crippen molar-refractivity contribution in [3.05, 3.63) is 17.7 Å². The van der Waals surface area contributed by atoms with Gasteiger partial charge in [-0.15, -0.1) is 11.6 Å². The van der Waals surface area contributed by atoms with Crippen molar-refractivity contribution in [2.75, 3.05) is 25.4 Å². The zero-order chi connectivity index (χ0) is 12.1. The monoisotopic (exact) mass is 243 g/mol. The van der Waals surface area contributed by atoms with Gasteiger partial charge in [0.05, 0.1) is 14.2 Å². The van der Waals surface area contributed by atoms with E-state index in [1.807, 2.05) is 6.92 Å². The number of amides is 1. The van der Waals surface area contributed by atoms with Gasteiger partial charge < -0.3 is 14.8 Å². The summed E-state index contributed by atoms with van der Waals surface area (Å²) >= 11 is 5.42. The second-order valence-electron chi connectivity index (χ2n) is 3.20. The molecule has 1 N–H and O–H groups in total. The van der Waals surface area contributed by atoms with Crippen LogP contribution < -0.4 is 14.8 Å². The average molecular weight is 244 g/mol. The third kappa shape index (κ3) is 2.79. The topological polar surface area (TPSA) is 47.6 Å². The van der Waals surface area contributed by atoms with Crippen LogP contribution in [0.3, 0.4) is 0 Å². The van der Waals surface area contributed by atoms with Gasteiger partial charge in [-0.3, -0.25) is 4.79 Å². The van der Waals surface area contributed by atoms with Gasteiger partial charge in [0, 0.05) is 11.8 Å². The largest absolute Gasteiger partial charge is 0.493 e. The second-order valence-corrected chi connectivity index (χ2v) is 3.47. The van der Waals surface area contributed by atoms with Crippen LogP contribution >= 0.6 is 11.6 Å². The fourth-order valence-electron chi connectivity index (χ4n) is 1.30. The lowest BCUT2D eigenvalue weighted by Crippen LogP contribution is -2.13. The first kappa shape index (κ1) is 12.6. The Kier molecular flexibility index (Phi) is 4.43. The molecule has 1 rings (SSSR count). The summed E-state index contributed by atoms with van der Waals surface area (Å²) in [6.07, 6.45) is 0. The second kappa shape index (κ2) is 5.61. The van der Waals surface area contributed by atoms with Gasteiger partial charge in [0.2, 0.25) is 5.91 Å². The van der Waals surface area contributed by atoms with E-state index in [-0.39, 0.29) is 11.8 Å². The first-order chi connectivity index (χ1) is 7.62. The number of carbonyl (C=O) groups is 1. The normalized spacial score (nSPS) is 9.75. The van der Waals surface area contributed by atoms with Crippen molar-refractivity contribution in [2.45, 2.75) is 6.92 Å². The van der Waals surface area contributed by atoms with Crippen LogP contribution in [-0.4, -0.2) is 26.0 Å². The van der Waals surface area contributed by atoms with Gasteiger partial charge in [-0.2, -0.15) is 0 Å². The Morgan fingerprint density at radius 3 is 2.38 bits per heavy atom. The summed E-state index contributed by atoms with van der Waals surface area (Å²) in [5, 5.41) is 2.68. The molecule has 16 heavy (non-hydrogen) atoms. The molecule has 1 amide bonds. The molecule has 0 aromatic heterocycles. The molecule has 88 valence electrons. The van der Waals surface area contributed by atoms with E-state index in [1.165, 1.54) is 0 Å². The van der Waals surface area contributed by atoms with E-state index in [1.54, 1.807) is 26.4 Å². The summed E-state index contributed by atoms with van der Waals surface area (Å²) in [5.41, 5.74) is 1.56. The van der Waals surface area contributed by atoms with Crippen molar-refractivity contribution in [1.82, 2.24) is 0 Å². The molecule has 0 fully saturated rings. The van der Waals surface area contributed by atoms with Crippen LogP contribution in [0, 0.1) is 6.92 Å². The van der Waals surface area contributed by atoms with Crippen molar-refractivity contribution < 1.29 is 14.3 Å². The average Bonchev–Trinajstić information content (AvgIpc) is 2.30. The predicted octanol–water partition coefficient (Wildman–Crippen LogP) is 2.19. The molecule has 0 spiro atoms. The molecule has 0 aliphatic rings. The van der Waals surface area contributed by atoms with E-state index in [0.717, 1.165) is 5.56 Å². The Bertz CT molecular complexity index is 393. The maximum absolute atomic E-state index is 11.2. The first-order valence-electron chi connectivity index (χ1n) is 4.70. The summed E-state index contributed by atoms with van der Waals surface area (Å²) in [5.74, 6) is 0.868. The Hall–Kier alpha value is -1.42. The van der Waals surface area contributed by atoms with Crippen LogP contribution in [0.2, 0.25) is 0 Å². The minimum Gasteiger partial charge on any atom is -0.493 e. The highest BCUT2D eigenvalue weighted by atomic mass is 35.5. The molecule has 1 aromatic rings. The lowest BCUT2D eigenvalue weighted by molar-refractivity contribution is -0.113. The van der Waals surface area contributed by atoms with Gasteiger partial charge in [-0.25, -0.2) is 0 Å². The summed E-state index contributed by atoms with van der Waals surface area (Å²) in [4.78, 5) is 11.2. The van der Waals surface area contributed by atoms with Crippen molar-refractivity contribution in [2.24, 2.45) is 0 Å². The van der Waals surface area contributed by atoms with Gasteiger partial charge in [-0.05, 0) is 18.6 Å². The van der Waals surface area contributed by atoms with Crippen LogP contribution in [0.5, 0.6) is 11.5 Å². The molecule has 0 saturated carbocycles. The first-order valence-corrected chi connectivity index (χ1v) is 5.24. The molecule has 5 heteroatoms. The Balaban J connectivity index is 3.06. The fourth-order valence-corrected chi connectivity index (χ4v) is 1.37. The summed E-state index contributed by atoms with van der Waals surface area (Å²) in [7, 11) is 3.11. The van der Waals surface area contributed by atoms with Gasteiger partial charge >= 0.3 is 0 Å². The van der Waals surface area contributed by atoms with Crippen molar-refractivity contribution in [1.29, 1.82) is 0 Å². The number of halogens is 1. The van der Waals surface area contributed by atoms with Gasteiger partial charge in [-0.1, -0.05) is 0 Å². The molecule has 0 unspecified atom stereocenters. The molecule has 4 nitrogen and oxygen atoms in total. The van der Waals surface area contributed by atoms with Gasteiger partial charge in [0.15, 0.2) is 11.5 Å². The van der Waals surface area contributed by atoms with E-state index in [0.29, 0.717) is 17.2 Å². The number of aryl methyl sites for hydroxylation is 1. The van der Waals surface area contributed by atoms with E-state index < -0.39 is 0 Å². The maximum atomic E-state index is 11.2. The standard InChI is InChI=1S/C11H14ClNO3/c1-7-4-9(15-2)10(16-3)5-8(7)13-11(14)6-12/h4-5H,6H2,1-3H3,(H,13,14). The van der Waals surface area contributed by atoms with Crippen molar-refractivity contribution in [3.63, 3.8) is 0 Å². The third-order valence-corrected chi connectivity index (χ3v) is 2.37. The number of alkyl halides is 1. The Morgan fingerprint density at radius 1 is 1.31 bits per heavy atom. The molecular weight excluding hydrogens is 230 g/mol. The lowest BCUT2D eigenvalue weighted by Gasteiger charge is -2.12. The van der Waals surface area contributed by atoms with Crippen molar-refractivity contribution in [3.8, 4) is 11.5 Å². The third-order valence-electron chi connectivity index (χ3n) is 2.13. The van der Waals surface area contributed by atoms with Gasteiger partial charge in [0.1, 0.15) is 5.88 Å². The van der Waals surface area contributed by atoms with Crippen molar-refractivity contribution >= 4 is 23.2 Å². The van der Waals surface area contributed by atoms with E-state index in [9.17, 15) is 4.79 Å². The number of hydrogen-bond acceptors (Lipinski definition) is 3. The van der Waals surface area contributed by atoms with E-state index in [4.69, 9.17) is 21.1 Å². The molecular formula is C11H14ClNO3. The number of rotatable bonds is 4. The SMILES string of the molecule is COc1cc(C)c(NC(=O)CCl)cc1OC. The van der Waals surface area contributed by atoms with Crippen LogP contribution in [0.15, 0.2) is 12.1 Å². The van der Waals surface area contributed by atoms with Crippen LogP contribution in [0.4, 0.5) is 5.69 Å². The molecule has 0 heterocycles. The molecule has 0 atom stereocenters. The van der Waals surface area contributed by atoms with Crippen LogP contribution in [-0.2, 0) is 4.79 Å². The number of benzene rings is 1. The zero-order valence-corrected chi connectivity index (χ0v) is 10.2. The Labute approximate surface area is 99.5 Å². The molecule has 1 aromatic carbocycles. The number of anilines is 1. The minimum absolute atomic E-state index is 0.0756. The fraction of sp³-hybridized carbons (Fsp3) is 0.364. The zero-order valence-electron chi connectivity index (χ0n) is 9.46. The van der Waals surface area contributed by atoms with E-state index in [2.05, 4.69) is 5.32 Å². The molecule has 0 aliphatic carbocycles. The predicted molar refractivity (Wildman–Crippen MR) is 63.6 cm³/mol. The number of nitrogens with one attached hydrogen (secondary N) is 1. The van der Waals surface area contributed by atoms with Gasteiger partial charge in [0.25, 0.3) is 0 Å². The number of ether oxygens (including phenoxy) is 2. The van der Waals surface area contributed by atoms with Crippen LogP contribution in [0.25, 0.3) is 0 Å². The minimum atomic E-state index is -0.253. The molecule has 0 radical (unpaired) electrons. The van der Waals surface area contributed by atoms with Crippen LogP contribution in [0.1, 0.15) is 5.56 Å². The summed E-state index contributed by atoms with van der Waals surface area (Å²) in [6, 6.07) is 3.50. The highest BCUT2D eigenvalue weighted by Crippen LogP contribution is 2.32. The van der Waals surface area contributed by atoms with E-state index >= 15 is 0 Å². The summed E-state index contributed by atoms with van der Waals surface area (Å²) in [6.45, 7) is 1.87. The summed E-state index contributed by atoms with van der Waals surface area (Å²) < 4.78 is 10.3. The number of methoxy groups -OCH3 is 2. The highest BCUT2D eigenvalue weighted by molar-refractivity contribution is 6.29. The molecule has 0 aliphatic heterocycles. The highest BCUT2D eigenvalue weighted by Gasteiger charge is 2.10.